The highest BCUT2D eigenvalue weighted by Crippen LogP contribution is 2.40. The monoisotopic (exact) mass is 262 g/mol. The third kappa shape index (κ3) is 3.37. The van der Waals surface area contributed by atoms with Crippen LogP contribution in [0.15, 0.2) is 10.6 Å². The van der Waals surface area contributed by atoms with Crippen molar-refractivity contribution in [2.75, 3.05) is 6.54 Å². The van der Waals surface area contributed by atoms with E-state index in [1.807, 2.05) is 0 Å². The van der Waals surface area contributed by atoms with Crippen LogP contribution in [0.1, 0.15) is 73.5 Å². The Kier molecular flexibility index (Phi) is 3.85. The van der Waals surface area contributed by atoms with Gasteiger partial charge < -0.3 is 9.84 Å². The smallest absolute Gasteiger partial charge is 0.273 e. The van der Waals surface area contributed by atoms with Crippen molar-refractivity contribution < 1.29 is 9.32 Å². The van der Waals surface area contributed by atoms with Crippen LogP contribution in [0.2, 0.25) is 0 Å². The highest BCUT2D eigenvalue weighted by atomic mass is 16.5. The van der Waals surface area contributed by atoms with Gasteiger partial charge in [-0.2, -0.15) is 0 Å². The molecule has 1 amide bonds. The predicted octanol–water partition coefficient (Wildman–Crippen LogP) is 3.25. The Morgan fingerprint density at radius 2 is 2.11 bits per heavy atom. The highest BCUT2D eigenvalue weighted by molar-refractivity contribution is 5.92. The fourth-order valence-electron chi connectivity index (χ4n) is 2.94. The van der Waals surface area contributed by atoms with Crippen LogP contribution in [0.5, 0.6) is 0 Å². The van der Waals surface area contributed by atoms with Gasteiger partial charge in [-0.25, -0.2) is 0 Å². The summed E-state index contributed by atoms with van der Waals surface area (Å²) in [5.74, 6) is 2.18. The molecule has 1 heterocycles. The van der Waals surface area contributed by atoms with Crippen molar-refractivity contribution in [1.29, 1.82) is 0 Å². The maximum atomic E-state index is 11.9. The average Bonchev–Trinajstić information content (AvgIpc) is 2.95. The number of carbonyl (C=O) groups excluding carboxylic acids is 1. The summed E-state index contributed by atoms with van der Waals surface area (Å²) < 4.78 is 5.19. The maximum Gasteiger partial charge on any atom is 0.273 e. The molecule has 4 heteroatoms. The highest BCUT2D eigenvalue weighted by Gasteiger charge is 2.28. The second-order valence-corrected chi connectivity index (χ2v) is 5.94. The Balaban J connectivity index is 1.37. The first-order valence-corrected chi connectivity index (χ1v) is 7.58. The lowest BCUT2D eigenvalue weighted by Crippen LogP contribution is -2.25. The van der Waals surface area contributed by atoms with Gasteiger partial charge in [-0.15, -0.1) is 0 Å². The van der Waals surface area contributed by atoms with Gasteiger partial charge in [0.05, 0.1) is 0 Å². The lowest BCUT2D eigenvalue weighted by Gasteiger charge is -2.08. The maximum absolute atomic E-state index is 11.9. The summed E-state index contributed by atoms with van der Waals surface area (Å²) in [5.41, 5.74) is 0.433. The predicted molar refractivity (Wildman–Crippen MR) is 72.0 cm³/mol. The van der Waals surface area contributed by atoms with Gasteiger partial charge in [0.25, 0.3) is 5.91 Å². The molecule has 0 unspecified atom stereocenters. The van der Waals surface area contributed by atoms with Gasteiger partial charge >= 0.3 is 0 Å². The molecule has 0 radical (unpaired) electrons. The number of aromatic nitrogens is 1. The topological polar surface area (TPSA) is 55.1 Å². The van der Waals surface area contributed by atoms with Crippen LogP contribution in [-0.2, 0) is 0 Å². The molecule has 2 saturated carbocycles. The number of nitrogens with zero attached hydrogens (tertiary/aromatic N) is 1. The van der Waals surface area contributed by atoms with E-state index in [9.17, 15) is 4.79 Å². The Bertz CT molecular complexity index is 431. The number of hydrogen-bond acceptors (Lipinski definition) is 3. The Labute approximate surface area is 113 Å². The van der Waals surface area contributed by atoms with E-state index in [0.29, 0.717) is 11.6 Å². The Morgan fingerprint density at radius 1 is 1.32 bits per heavy atom. The van der Waals surface area contributed by atoms with E-state index in [-0.39, 0.29) is 5.91 Å². The largest absolute Gasteiger partial charge is 0.360 e. The second-order valence-electron chi connectivity index (χ2n) is 5.94. The molecule has 0 bridgehead atoms. The molecule has 4 nitrogen and oxygen atoms in total. The van der Waals surface area contributed by atoms with E-state index in [0.717, 1.165) is 37.5 Å². The summed E-state index contributed by atoms with van der Waals surface area (Å²) >= 11 is 0. The van der Waals surface area contributed by atoms with Crippen LogP contribution in [0.3, 0.4) is 0 Å². The minimum absolute atomic E-state index is 0.0953. The normalized spacial score (nSPS) is 19.8. The minimum Gasteiger partial charge on any atom is -0.360 e. The zero-order valence-corrected chi connectivity index (χ0v) is 11.4. The van der Waals surface area contributed by atoms with E-state index < -0.39 is 0 Å². The lowest BCUT2D eigenvalue weighted by atomic mass is 10.0. The summed E-state index contributed by atoms with van der Waals surface area (Å²) in [7, 11) is 0. The summed E-state index contributed by atoms with van der Waals surface area (Å²) in [6.45, 7) is 0.751. The van der Waals surface area contributed by atoms with Gasteiger partial charge in [0.2, 0.25) is 0 Å². The third-order valence-electron chi connectivity index (χ3n) is 4.29. The number of nitrogens with one attached hydrogen (secondary N) is 1. The molecule has 104 valence electrons. The molecule has 2 fully saturated rings. The number of hydrogen-bond donors (Lipinski definition) is 1. The molecule has 1 aromatic rings. The van der Waals surface area contributed by atoms with Gasteiger partial charge in [0, 0.05) is 18.5 Å². The van der Waals surface area contributed by atoms with E-state index >= 15 is 0 Å². The van der Waals surface area contributed by atoms with Gasteiger partial charge in [0.1, 0.15) is 5.76 Å². The van der Waals surface area contributed by atoms with E-state index in [1.54, 1.807) is 6.07 Å². The molecule has 1 N–H and O–H groups in total. The number of rotatable bonds is 6. The van der Waals surface area contributed by atoms with Crippen molar-refractivity contribution in [1.82, 2.24) is 10.5 Å². The quantitative estimate of drug-likeness (QED) is 0.801. The Morgan fingerprint density at radius 3 is 2.84 bits per heavy atom. The van der Waals surface area contributed by atoms with Gasteiger partial charge in [-0.1, -0.05) is 30.8 Å². The molecular weight excluding hydrogens is 240 g/mol. The van der Waals surface area contributed by atoms with Crippen LogP contribution in [0.25, 0.3) is 0 Å². The fourth-order valence-corrected chi connectivity index (χ4v) is 2.94. The zero-order valence-electron chi connectivity index (χ0n) is 11.4. The third-order valence-corrected chi connectivity index (χ3v) is 4.29. The molecule has 1 aromatic heterocycles. The van der Waals surface area contributed by atoms with E-state index in [2.05, 4.69) is 10.5 Å². The molecule has 0 atom stereocenters. The molecule has 0 aliphatic heterocycles. The summed E-state index contributed by atoms with van der Waals surface area (Å²) in [5, 5.41) is 6.78. The first-order valence-electron chi connectivity index (χ1n) is 7.58. The molecule has 3 rings (SSSR count). The van der Waals surface area contributed by atoms with Gasteiger partial charge in [-0.3, -0.25) is 4.79 Å². The standard InChI is InChI=1S/C15H22N2O2/c18-15(13-10-14(19-17-13)12-7-8-12)16-9-3-6-11-4-1-2-5-11/h10-12H,1-9H2,(H,16,18). The summed E-state index contributed by atoms with van der Waals surface area (Å²) in [6.07, 6.45) is 10.2. The summed E-state index contributed by atoms with van der Waals surface area (Å²) in [4.78, 5) is 11.9. The van der Waals surface area contributed by atoms with Crippen LogP contribution < -0.4 is 5.32 Å². The molecular formula is C15H22N2O2. The molecule has 2 aliphatic carbocycles. The SMILES string of the molecule is O=C(NCCCC1CCCC1)c1cc(C2CC2)on1. The van der Waals surface area contributed by atoms with Crippen LogP contribution in [0, 0.1) is 5.92 Å². The van der Waals surface area contributed by atoms with Crippen molar-refractivity contribution in [2.45, 2.75) is 57.3 Å². The number of amides is 1. The molecule has 2 aliphatic rings. The molecule has 0 saturated heterocycles. The van der Waals surface area contributed by atoms with Gasteiger partial charge in [-0.05, 0) is 31.6 Å². The van der Waals surface area contributed by atoms with Crippen LogP contribution in [-0.4, -0.2) is 17.6 Å². The van der Waals surface area contributed by atoms with Crippen LogP contribution >= 0.6 is 0 Å². The first-order chi connectivity index (χ1) is 9.33. The molecule has 19 heavy (non-hydrogen) atoms. The molecule has 0 aromatic carbocycles. The Hall–Kier alpha value is -1.32. The summed E-state index contributed by atoms with van der Waals surface area (Å²) in [6, 6.07) is 1.80. The lowest BCUT2D eigenvalue weighted by molar-refractivity contribution is 0.0943. The average molecular weight is 262 g/mol. The zero-order chi connectivity index (χ0) is 13.1. The second kappa shape index (κ2) is 5.76. The minimum atomic E-state index is -0.0953. The van der Waals surface area contributed by atoms with Crippen molar-refractivity contribution in [3.63, 3.8) is 0 Å². The first kappa shape index (κ1) is 12.7. The van der Waals surface area contributed by atoms with Crippen molar-refractivity contribution in [3.05, 3.63) is 17.5 Å². The van der Waals surface area contributed by atoms with Crippen molar-refractivity contribution in [3.8, 4) is 0 Å². The van der Waals surface area contributed by atoms with Gasteiger partial charge in [0.15, 0.2) is 5.69 Å². The number of carbonyl (C=O) groups is 1. The van der Waals surface area contributed by atoms with Crippen LogP contribution in [0.4, 0.5) is 0 Å². The van der Waals surface area contributed by atoms with Crippen molar-refractivity contribution in [2.24, 2.45) is 5.92 Å². The fraction of sp³-hybridized carbons (Fsp3) is 0.733. The van der Waals surface area contributed by atoms with Crippen molar-refractivity contribution >= 4 is 5.91 Å². The molecule has 0 spiro atoms. The van der Waals surface area contributed by atoms with E-state index in [4.69, 9.17) is 4.52 Å². The van der Waals surface area contributed by atoms with E-state index in [1.165, 1.54) is 32.1 Å².